The molecule has 0 aromatic heterocycles. The van der Waals surface area contributed by atoms with Gasteiger partial charge in [0.05, 0.1) is 0 Å². The predicted molar refractivity (Wildman–Crippen MR) is 134 cm³/mol. The van der Waals surface area contributed by atoms with Gasteiger partial charge in [0.25, 0.3) is 0 Å². The second-order valence-electron chi connectivity index (χ2n) is 12.8. The number of rotatable bonds is 6. The Balaban J connectivity index is 3.06. The van der Waals surface area contributed by atoms with Gasteiger partial charge in [-0.2, -0.15) is 0 Å². The third-order valence-corrected chi connectivity index (χ3v) is 7.34. The molecular weight excluding hydrogens is 403 g/mol. The maximum atomic E-state index is 9.95. The minimum Gasteiger partial charge on any atom is -0.426 e. The summed E-state index contributed by atoms with van der Waals surface area (Å²) < 4.78 is 5.91. The van der Waals surface area contributed by atoms with E-state index in [4.69, 9.17) is 4.52 Å². The summed E-state index contributed by atoms with van der Waals surface area (Å²) >= 11 is 0. The first-order valence-electron chi connectivity index (χ1n) is 12.1. The van der Waals surface area contributed by atoms with Crippen LogP contribution in [0.3, 0.4) is 0 Å². The van der Waals surface area contributed by atoms with Crippen molar-refractivity contribution in [3.05, 3.63) is 27.8 Å². The van der Waals surface area contributed by atoms with Crippen molar-refractivity contribution in [3.63, 3.8) is 0 Å². The van der Waals surface area contributed by atoms with Crippen LogP contribution in [0.15, 0.2) is 0 Å². The van der Waals surface area contributed by atoms with E-state index in [1.165, 1.54) is 47.1 Å². The molecule has 2 rings (SSSR count). The lowest BCUT2D eigenvalue weighted by atomic mass is 9.57. The average Bonchev–Trinajstić information content (AvgIpc) is 2.55. The van der Waals surface area contributed by atoms with Crippen molar-refractivity contribution < 1.29 is 14.3 Å². The normalized spacial score (nSPS) is 16.7. The highest BCUT2D eigenvalue weighted by molar-refractivity contribution is 7.39. The summed E-state index contributed by atoms with van der Waals surface area (Å²) in [5.41, 5.74) is 6.56. The summed E-state index contributed by atoms with van der Waals surface area (Å²) in [6.07, 6.45) is 6.96. The summed E-state index contributed by atoms with van der Waals surface area (Å²) in [6.45, 7) is 25.0. The first-order valence-corrected chi connectivity index (χ1v) is 13.2. The molecule has 0 radical (unpaired) electrons. The standard InChI is InChI=1S/C27H47O3P/c1-12-14-15-27(13-2)16-18-20(24(3,4)5)19(17-27)22(26(9,10)11)23(30-31(28)29)21(18)25(6,7)8/h28-29H,12-17H2,1-11H3. The third kappa shape index (κ3) is 5.48. The van der Waals surface area contributed by atoms with Gasteiger partial charge < -0.3 is 14.3 Å². The van der Waals surface area contributed by atoms with Crippen molar-refractivity contribution in [3.8, 4) is 5.75 Å². The molecule has 1 aliphatic carbocycles. The fourth-order valence-electron chi connectivity index (χ4n) is 5.82. The fraction of sp³-hybridized carbons (Fsp3) is 0.778. The maximum Gasteiger partial charge on any atom is 0.391 e. The van der Waals surface area contributed by atoms with E-state index in [1.807, 2.05) is 0 Å². The molecular formula is C27H47O3P. The number of hydrogen-bond donors (Lipinski definition) is 2. The van der Waals surface area contributed by atoms with Crippen LogP contribution in [-0.2, 0) is 29.1 Å². The zero-order valence-electron chi connectivity index (χ0n) is 22.0. The molecule has 0 fully saturated rings. The van der Waals surface area contributed by atoms with Crippen LogP contribution < -0.4 is 4.52 Å². The summed E-state index contributed by atoms with van der Waals surface area (Å²) in [7, 11) is -2.48. The second-order valence-corrected chi connectivity index (χ2v) is 13.5. The number of fused-ring (bicyclic) bond motifs is 2. The van der Waals surface area contributed by atoms with Crippen molar-refractivity contribution in [1.82, 2.24) is 0 Å². The Morgan fingerprint density at radius 1 is 0.774 bits per heavy atom. The van der Waals surface area contributed by atoms with Crippen molar-refractivity contribution in [2.45, 2.75) is 131 Å². The molecule has 178 valence electrons. The molecule has 4 heteroatoms. The largest absolute Gasteiger partial charge is 0.426 e. The average molecular weight is 451 g/mol. The van der Waals surface area contributed by atoms with Gasteiger partial charge in [0.1, 0.15) is 5.75 Å². The molecule has 0 unspecified atom stereocenters. The quantitative estimate of drug-likeness (QED) is 0.434. The van der Waals surface area contributed by atoms with Crippen LogP contribution in [0, 0.1) is 5.41 Å². The van der Waals surface area contributed by atoms with E-state index in [-0.39, 0.29) is 21.7 Å². The van der Waals surface area contributed by atoms with Gasteiger partial charge in [-0.1, -0.05) is 89.0 Å². The molecule has 0 saturated carbocycles. The molecule has 2 N–H and O–H groups in total. The Bertz CT molecular complexity index is 744. The van der Waals surface area contributed by atoms with Gasteiger partial charge in [-0.15, -0.1) is 0 Å². The summed E-state index contributed by atoms with van der Waals surface area (Å²) in [4.78, 5) is 19.9. The van der Waals surface area contributed by atoms with Crippen LogP contribution in [0.4, 0.5) is 0 Å². The Labute approximate surface area is 193 Å². The fourth-order valence-corrected chi connectivity index (χ4v) is 6.16. The minimum atomic E-state index is -2.48. The highest BCUT2D eigenvalue weighted by atomic mass is 31.2. The minimum absolute atomic E-state index is 0.0109. The molecule has 0 spiro atoms. The zero-order chi connectivity index (χ0) is 24.0. The van der Waals surface area contributed by atoms with Crippen LogP contribution in [0.1, 0.15) is 130 Å². The molecule has 2 bridgehead atoms. The van der Waals surface area contributed by atoms with Gasteiger partial charge >= 0.3 is 8.60 Å². The molecule has 31 heavy (non-hydrogen) atoms. The van der Waals surface area contributed by atoms with E-state index in [2.05, 4.69) is 76.2 Å². The molecule has 0 amide bonds. The van der Waals surface area contributed by atoms with Crippen LogP contribution in [0.25, 0.3) is 0 Å². The summed E-state index contributed by atoms with van der Waals surface area (Å²) in [5, 5.41) is 0. The van der Waals surface area contributed by atoms with Gasteiger partial charge in [0, 0.05) is 11.1 Å². The molecule has 1 aromatic rings. The van der Waals surface area contributed by atoms with Gasteiger partial charge in [-0.3, -0.25) is 0 Å². The van der Waals surface area contributed by atoms with Crippen molar-refractivity contribution >= 4 is 8.60 Å². The lowest BCUT2D eigenvalue weighted by Crippen LogP contribution is -2.39. The molecule has 0 atom stereocenters. The van der Waals surface area contributed by atoms with Gasteiger partial charge in [0.15, 0.2) is 0 Å². The van der Waals surface area contributed by atoms with Crippen LogP contribution in [-0.4, -0.2) is 9.79 Å². The van der Waals surface area contributed by atoms with Crippen LogP contribution in [0.5, 0.6) is 5.75 Å². The monoisotopic (exact) mass is 450 g/mol. The molecule has 3 nitrogen and oxygen atoms in total. The van der Waals surface area contributed by atoms with Crippen molar-refractivity contribution in [2.75, 3.05) is 0 Å². The first kappa shape index (κ1) is 26.6. The highest BCUT2D eigenvalue weighted by Crippen LogP contribution is 2.57. The molecule has 0 heterocycles. The SMILES string of the molecule is CCCCC1(CC)Cc2c(C(C)(C)C)c(c(C(C)(C)C)c(OP(O)O)c2C(C)(C)C)C1. The lowest BCUT2D eigenvalue weighted by Gasteiger charge is -2.47. The van der Waals surface area contributed by atoms with Gasteiger partial charge in [-0.25, -0.2) is 0 Å². The van der Waals surface area contributed by atoms with E-state index in [9.17, 15) is 9.79 Å². The highest BCUT2D eigenvalue weighted by Gasteiger charge is 2.45. The topological polar surface area (TPSA) is 49.7 Å². The first-order chi connectivity index (χ1) is 14.0. The van der Waals surface area contributed by atoms with E-state index < -0.39 is 8.60 Å². The van der Waals surface area contributed by atoms with Gasteiger partial charge in [0.2, 0.25) is 0 Å². The molecule has 0 aliphatic heterocycles. The van der Waals surface area contributed by atoms with E-state index in [1.54, 1.807) is 0 Å². The number of benzene rings is 1. The lowest BCUT2D eigenvalue weighted by molar-refractivity contribution is 0.221. The number of unbranched alkanes of at least 4 members (excludes halogenated alkanes) is 1. The Kier molecular flexibility index (Phi) is 7.69. The van der Waals surface area contributed by atoms with Crippen LogP contribution >= 0.6 is 8.60 Å². The smallest absolute Gasteiger partial charge is 0.391 e. The third-order valence-electron chi connectivity index (χ3n) is 7.00. The molecule has 1 aliphatic rings. The Morgan fingerprint density at radius 2 is 1.19 bits per heavy atom. The van der Waals surface area contributed by atoms with Gasteiger partial charge in [-0.05, 0) is 64.0 Å². The van der Waals surface area contributed by atoms with Crippen LogP contribution in [0.2, 0.25) is 0 Å². The molecule has 0 saturated heterocycles. The maximum absolute atomic E-state index is 9.95. The molecule has 1 aromatic carbocycles. The van der Waals surface area contributed by atoms with E-state index >= 15 is 0 Å². The zero-order valence-corrected chi connectivity index (χ0v) is 22.9. The summed E-state index contributed by atoms with van der Waals surface area (Å²) in [5.74, 6) is 0.731. The number of hydrogen-bond acceptors (Lipinski definition) is 3. The van der Waals surface area contributed by atoms with Crippen molar-refractivity contribution in [1.29, 1.82) is 0 Å². The van der Waals surface area contributed by atoms with E-state index in [0.717, 1.165) is 25.0 Å². The van der Waals surface area contributed by atoms with Crippen molar-refractivity contribution in [2.24, 2.45) is 5.41 Å². The summed E-state index contributed by atoms with van der Waals surface area (Å²) in [6, 6.07) is 0. The second kappa shape index (κ2) is 8.96. The Hall–Kier alpha value is -0.630. The van der Waals surface area contributed by atoms with E-state index in [0.29, 0.717) is 0 Å². The predicted octanol–water partition coefficient (Wildman–Crippen LogP) is 7.85. The Morgan fingerprint density at radius 3 is 1.48 bits per heavy atom.